The van der Waals surface area contributed by atoms with Crippen molar-refractivity contribution in [2.24, 2.45) is 0 Å². The SMILES string of the molecule is C/C(OB(F)F)=C1/CCCC1=O. The van der Waals surface area contributed by atoms with E-state index in [1.807, 2.05) is 0 Å². The van der Waals surface area contributed by atoms with Crippen molar-refractivity contribution in [3.8, 4) is 0 Å². The first kappa shape index (κ1) is 9.22. The van der Waals surface area contributed by atoms with Gasteiger partial charge in [0.2, 0.25) is 0 Å². The summed E-state index contributed by atoms with van der Waals surface area (Å²) in [6.45, 7) is 1.41. The summed E-state index contributed by atoms with van der Waals surface area (Å²) in [5.41, 5.74) is 0.426. The molecule has 66 valence electrons. The van der Waals surface area contributed by atoms with Crippen molar-refractivity contribution in [3.05, 3.63) is 11.3 Å². The molecule has 0 aromatic heterocycles. The number of carbonyl (C=O) groups is 1. The predicted octanol–water partition coefficient (Wildman–Crippen LogP) is 1.95. The van der Waals surface area contributed by atoms with Crippen molar-refractivity contribution >= 4 is 13.3 Å². The van der Waals surface area contributed by atoms with Crippen LogP contribution in [-0.4, -0.2) is 13.3 Å². The average molecular weight is 174 g/mol. The highest BCUT2D eigenvalue weighted by Gasteiger charge is 2.24. The molecule has 0 heterocycles. The van der Waals surface area contributed by atoms with Gasteiger partial charge in [0.1, 0.15) is 0 Å². The Morgan fingerprint density at radius 1 is 1.50 bits per heavy atom. The van der Waals surface area contributed by atoms with Gasteiger partial charge >= 0.3 is 7.47 Å². The van der Waals surface area contributed by atoms with Gasteiger partial charge in [0.05, 0.1) is 5.76 Å². The molecule has 0 amide bonds. The van der Waals surface area contributed by atoms with Crippen LogP contribution in [-0.2, 0) is 9.45 Å². The Kier molecular flexibility index (Phi) is 2.84. The maximum Gasteiger partial charge on any atom is 0.796 e. The fourth-order valence-corrected chi connectivity index (χ4v) is 1.29. The van der Waals surface area contributed by atoms with Crippen molar-refractivity contribution in [2.45, 2.75) is 26.2 Å². The Morgan fingerprint density at radius 3 is 2.58 bits per heavy atom. The van der Waals surface area contributed by atoms with E-state index in [0.717, 1.165) is 6.42 Å². The number of Topliss-reactive ketones (excluding diaryl/α,β-unsaturated/α-hetero) is 1. The molecule has 1 saturated carbocycles. The Bertz CT molecular complexity index is 225. The smallest absolute Gasteiger partial charge is 0.509 e. The van der Waals surface area contributed by atoms with E-state index in [1.165, 1.54) is 6.92 Å². The zero-order valence-electron chi connectivity index (χ0n) is 6.77. The first-order chi connectivity index (χ1) is 5.61. The Balaban J connectivity index is 2.68. The van der Waals surface area contributed by atoms with Gasteiger partial charge in [-0.05, 0) is 19.8 Å². The number of hydrogen-bond donors (Lipinski definition) is 0. The van der Waals surface area contributed by atoms with Gasteiger partial charge in [0, 0.05) is 12.0 Å². The molecule has 0 radical (unpaired) electrons. The molecule has 5 heteroatoms. The Hall–Kier alpha value is -0.865. The fraction of sp³-hybridized carbons (Fsp3) is 0.571. The lowest BCUT2D eigenvalue weighted by molar-refractivity contribution is -0.114. The average Bonchev–Trinajstić information content (AvgIpc) is 2.33. The van der Waals surface area contributed by atoms with Gasteiger partial charge in [-0.1, -0.05) is 0 Å². The molecule has 0 N–H and O–H groups in total. The standard InChI is InChI=1S/C7H9BF2O2/c1-5(12-8(9)10)6-3-2-4-7(6)11/h2-4H2,1H3/b6-5+. The minimum Gasteiger partial charge on any atom is -0.509 e. The molecular formula is C7H9BF2O2. The number of hydrogen-bond acceptors (Lipinski definition) is 2. The van der Waals surface area contributed by atoms with Crippen molar-refractivity contribution in [3.63, 3.8) is 0 Å². The monoisotopic (exact) mass is 174 g/mol. The molecule has 0 atom stereocenters. The lowest BCUT2D eigenvalue weighted by Gasteiger charge is -2.04. The highest BCUT2D eigenvalue weighted by Crippen LogP contribution is 2.24. The molecule has 0 spiro atoms. The second-order valence-electron chi connectivity index (χ2n) is 2.69. The minimum absolute atomic E-state index is 0.0619. The Morgan fingerprint density at radius 2 is 2.17 bits per heavy atom. The van der Waals surface area contributed by atoms with Gasteiger partial charge < -0.3 is 4.65 Å². The van der Waals surface area contributed by atoms with E-state index in [2.05, 4.69) is 4.65 Å². The maximum absolute atomic E-state index is 11.7. The zero-order chi connectivity index (χ0) is 9.14. The number of carbonyl (C=O) groups excluding carboxylic acids is 1. The molecule has 1 fully saturated rings. The molecule has 0 aromatic rings. The van der Waals surface area contributed by atoms with Gasteiger partial charge in [-0.3, -0.25) is 4.79 Å². The maximum atomic E-state index is 11.7. The van der Waals surface area contributed by atoms with E-state index < -0.39 is 7.47 Å². The van der Waals surface area contributed by atoms with E-state index in [9.17, 15) is 13.4 Å². The van der Waals surface area contributed by atoms with Crippen LogP contribution < -0.4 is 0 Å². The molecule has 1 aliphatic rings. The third-order valence-corrected chi connectivity index (χ3v) is 1.86. The number of ketones is 1. The molecule has 1 aliphatic carbocycles. The van der Waals surface area contributed by atoms with E-state index >= 15 is 0 Å². The van der Waals surface area contributed by atoms with Crippen LogP contribution in [0.2, 0.25) is 0 Å². The van der Waals surface area contributed by atoms with Crippen LogP contribution >= 0.6 is 0 Å². The van der Waals surface area contributed by atoms with E-state index in [-0.39, 0.29) is 11.5 Å². The molecular weight excluding hydrogens is 165 g/mol. The minimum atomic E-state index is -2.83. The molecule has 0 aromatic carbocycles. The third kappa shape index (κ3) is 2.06. The molecule has 0 saturated heterocycles. The second kappa shape index (κ2) is 3.69. The van der Waals surface area contributed by atoms with Crippen LogP contribution in [0.3, 0.4) is 0 Å². The van der Waals surface area contributed by atoms with E-state index in [0.29, 0.717) is 18.4 Å². The van der Waals surface area contributed by atoms with E-state index in [1.54, 1.807) is 0 Å². The number of rotatable bonds is 2. The quantitative estimate of drug-likeness (QED) is 0.363. The van der Waals surface area contributed by atoms with Gasteiger partial charge in [-0.15, -0.1) is 0 Å². The van der Waals surface area contributed by atoms with Gasteiger partial charge in [-0.25, -0.2) is 8.63 Å². The summed E-state index contributed by atoms with van der Waals surface area (Å²) in [5.74, 6) is 0.0145. The third-order valence-electron chi connectivity index (χ3n) is 1.86. The van der Waals surface area contributed by atoms with E-state index in [4.69, 9.17) is 0 Å². The van der Waals surface area contributed by atoms with Crippen molar-refractivity contribution < 1.29 is 18.1 Å². The van der Waals surface area contributed by atoms with Gasteiger partial charge in [0.25, 0.3) is 0 Å². The fourth-order valence-electron chi connectivity index (χ4n) is 1.29. The molecule has 0 unspecified atom stereocenters. The topological polar surface area (TPSA) is 26.3 Å². The summed E-state index contributed by atoms with van der Waals surface area (Å²) in [4.78, 5) is 11.0. The molecule has 0 bridgehead atoms. The summed E-state index contributed by atoms with van der Waals surface area (Å²) in [5, 5.41) is 0. The number of halogens is 2. The largest absolute Gasteiger partial charge is 0.796 e. The predicted molar refractivity (Wildman–Crippen MR) is 40.6 cm³/mol. The first-order valence-corrected chi connectivity index (χ1v) is 3.79. The lowest BCUT2D eigenvalue weighted by Crippen LogP contribution is -2.06. The Labute approximate surface area is 69.8 Å². The molecule has 0 aliphatic heterocycles. The molecule has 2 nitrogen and oxygen atoms in total. The highest BCUT2D eigenvalue weighted by molar-refractivity contribution is 6.34. The van der Waals surface area contributed by atoms with Crippen LogP contribution in [0.5, 0.6) is 0 Å². The number of allylic oxidation sites excluding steroid dienone is 2. The summed E-state index contributed by atoms with van der Waals surface area (Å²) < 4.78 is 27.5. The summed E-state index contributed by atoms with van der Waals surface area (Å²) in [7, 11) is -2.83. The van der Waals surface area contributed by atoms with Crippen LogP contribution in [0, 0.1) is 0 Å². The first-order valence-electron chi connectivity index (χ1n) is 3.79. The van der Waals surface area contributed by atoms with Crippen LogP contribution in [0.15, 0.2) is 11.3 Å². The van der Waals surface area contributed by atoms with Crippen molar-refractivity contribution in [1.82, 2.24) is 0 Å². The van der Waals surface area contributed by atoms with Crippen LogP contribution in [0.25, 0.3) is 0 Å². The van der Waals surface area contributed by atoms with Crippen molar-refractivity contribution in [2.75, 3.05) is 0 Å². The highest BCUT2D eigenvalue weighted by atomic mass is 19.2. The summed E-state index contributed by atoms with van der Waals surface area (Å²) in [6.07, 6.45) is 1.77. The molecule has 12 heavy (non-hydrogen) atoms. The second-order valence-corrected chi connectivity index (χ2v) is 2.69. The van der Waals surface area contributed by atoms with Gasteiger partial charge in [0.15, 0.2) is 5.78 Å². The van der Waals surface area contributed by atoms with Gasteiger partial charge in [-0.2, -0.15) is 0 Å². The zero-order valence-corrected chi connectivity index (χ0v) is 6.77. The van der Waals surface area contributed by atoms with Crippen LogP contribution in [0.1, 0.15) is 26.2 Å². The normalized spacial score (nSPS) is 21.1. The molecule has 1 rings (SSSR count). The van der Waals surface area contributed by atoms with Crippen molar-refractivity contribution in [1.29, 1.82) is 0 Å². The van der Waals surface area contributed by atoms with Crippen LogP contribution in [0.4, 0.5) is 8.63 Å². The summed E-state index contributed by atoms with van der Waals surface area (Å²) in [6, 6.07) is 0. The lowest BCUT2D eigenvalue weighted by atomic mass is 10.2. The summed E-state index contributed by atoms with van der Waals surface area (Å²) >= 11 is 0.